The summed E-state index contributed by atoms with van der Waals surface area (Å²) < 4.78 is 5.36. The number of carbonyl (C=O) groups excluding carboxylic acids is 1. The van der Waals surface area contributed by atoms with Gasteiger partial charge in [0.05, 0.1) is 0 Å². The second kappa shape index (κ2) is 3.40. The van der Waals surface area contributed by atoms with Crippen molar-refractivity contribution in [1.82, 2.24) is 0 Å². The van der Waals surface area contributed by atoms with E-state index in [1.807, 2.05) is 19.9 Å². The molecule has 2 heteroatoms. The van der Waals surface area contributed by atoms with Crippen LogP contribution in [-0.4, -0.2) is 17.5 Å². The van der Waals surface area contributed by atoms with Gasteiger partial charge in [0.2, 0.25) is 0 Å². The molecule has 68 valence electrons. The van der Waals surface area contributed by atoms with E-state index in [4.69, 9.17) is 4.74 Å². The van der Waals surface area contributed by atoms with Crippen molar-refractivity contribution in [3.63, 3.8) is 0 Å². The number of Topliss-reactive ketones (excluding diaryl/α,β-unsaturated/α-hetero) is 1. The molecule has 1 aliphatic rings. The third kappa shape index (κ3) is 1.75. The minimum Gasteiger partial charge on any atom is -0.358 e. The zero-order chi connectivity index (χ0) is 9.19. The summed E-state index contributed by atoms with van der Waals surface area (Å²) in [6.45, 7) is 7.51. The number of rotatable bonds is 5. The third-order valence-corrected chi connectivity index (χ3v) is 2.37. The van der Waals surface area contributed by atoms with Crippen LogP contribution in [0, 0.1) is 0 Å². The Hall–Kier alpha value is -0.630. The van der Waals surface area contributed by atoms with Crippen LogP contribution in [0.1, 0.15) is 33.1 Å². The molecular weight excluding hydrogens is 152 g/mol. The fraction of sp³-hybridized carbons (Fsp3) is 0.700. The van der Waals surface area contributed by atoms with Gasteiger partial charge in [-0.1, -0.05) is 13.0 Å². The number of epoxide rings is 1. The lowest BCUT2D eigenvalue weighted by Gasteiger charge is -2.01. The molecule has 12 heavy (non-hydrogen) atoms. The fourth-order valence-electron chi connectivity index (χ4n) is 1.41. The van der Waals surface area contributed by atoms with Crippen LogP contribution in [0.3, 0.4) is 0 Å². The first-order valence-corrected chi connectivity index (χ1v) is 4.45. The maximum Gasteiger partial charge on any atom is 0.164 e. The molecule has 0 amide bonds. The van der Waals surface area contributed by atoms with Crippen molar-refractivity contribution in [2.45, 2.75) is 44.8 Å². The summed E-state index contributed by atoms with van der Waals surface area (Å²) in [7, 11) is 0. The number of ether oxygens (including phenoxy) is 1. The molecule has 0 radical (unpaired) electrons. The minimum atomic E-state index is -0.179. The molecule has 0 aliphatic carbocycles. The maximum absolute atomic E-state index is 11.2. The standard InChI is InChI=1S/C10H16O2/c1-4-6-7-10(3)9(12-10)8(11)5-2/h4,9H,1,5-7H2,2-3H3/t9?,10-/m0/s1. The van der Waals surface area contributed by atoms with Crippen molar-refractivity contribution < 1.29 is 9.53 Å². The summed E-state index contributed by atoms with van der Waals surface area (Å²) in [5.74, 6) is 0.224. The van der Waals surface area contributed by atoms with Crippen molar-refractivity contribution in [3.8, 4) is 0 Å². The number of allylic oxidation sites excluding steroid dienone is 1. The smallest absolute Gasteiger partial charge is 0.164 e. The number of hydrogen-bond donors (Lipinski definition) is 0. The molecule has 0 bridgehead atoms. The van der Waals surface area contributed by atoms with Gasteiger partial charge >= 0.3 is 0 Å². The Morgan fingerprint density at radius 2 is 2.42 bits per heavy atom. The summed E-state index contributed by atoms with van der Waals surface area (Å²) in [6.07, 6.45) is 4.13. The van der Waals surface area contributed by atoms with E-state index in [0.717, 1.165) is 12.8 Å². The monoisotopic (exact) mass is 168 g/mol. The van der Waals surface area contributed by atoms with Gasteiger partial charge < -0.3 is 4.74 Å². The zero-order valence-corrected chi connectivity index (χ0v) is 7.80. The van der Waals surface area contributed by atoms with Gasteiger partial charge in [0.1, 0.15) is 11.7 Å². The van der Waals surface area contributed by atoms with Crippen LogP contribution in [-0.2, 0) is 9.53 Å². The van der Waals surface area contributed by atoms with Gasteiger partial charge in [-0.15, -0.1) is 6.58 Å². The molecule has 1 heterocycles. The van der Waals surface area contributed by atoms with Crippen LogP contribution >= 0.6 is 0 Å². The molecule has 2 atom stereocenters. The fourth-order valence-corrected chi connectivity index (χ4v) is 1.41. The molecule has 0 aromatic carbocycles. The predicted molar refractivity (Wildman–Crippen MR) is 48.0 cm³/mol. The number of carbonyl (C=O) groups is 1. The first kappa shape index (κ1) is 9.46. The van der Waals surface area contributed by atoms with Gasteiger partial charge in [0.25, 0.3) is 0 Å². The molecule has 0 saturated carbocycles. The molecule has 0 spiro atoms. The van der Waals surface area contributed by atoms with E-state index in [2.05, 4.69) is 6.58 Å². The lowest BCUT2D eigenvalue weighted by Crippen LogP contribution is -2.16. The Kier molecular flexibility index (Phi) is 2.68. The van der Waals surface area contributed by atoms with E-state index in [1.165, 1.54) is 0 Å². The summed E-state index contributed by atoms with van der Waals surface area (Å²) in [5, 5.41) is 0. The minimum absolute atomic E-state index is 0.137. The molecular formula is C10H16O2. The van der Waals surface area contributed by atoms with Crippen molar-refractivity contribution in [3.05, 3.63) is 12.7 Å². The molecule has 1 unspecified atom stereocenters. The van der Waals surface area contributed by atoms with E-state index < -0.39 is 0 Å². The number of hydrogen-bond acceptors (Lipinski definition) is 2. The van der Waals surface area contributed by atoms with Crippen molar-refractivity contribution in [1.29, 1.82) is 0 Å². The van der Waals surface area contributed by atoms with Crippen LogP contribution in [0.25, 0.3) is 0 Å². The Morgan fingerprint density at radius 3 is 2.92 bits per heavy atom. The maximum atomic E-state index is 11.2. The molecule has 2 nitrogen and oxygen atoms in total. The van der Waals surface area contributed by atoms with Crippen molar-refractivity contribution >= 4 is 5.78 Å². The summed E-state index contributed by atoms with van der Waals surface area (Å²) in [5.41, 5.74) is -0.179. The summed E-state index contributed by atoms with van der Waals surface area (Å²) >= 11 is 0. The zero-order valence-electron chi connectivity index (χ0n) is 7.80. The summed E-state index contributed by atoms with van der Waals surface area (Å²) in [4.78, 5) is 11.2. The van der Waals surface area contributed by atoms with E-state index in [9.17, 15) is 4.79 Å². The van der Waals surface area contributed by atoms with Gasteiger partial charge in [0.15, 0.2) is 5.78 Å². The highest BCUT2D eigenvalue weighted by atomic mass is 16.6. The number of ketones is 1. The quantitative estimate of drug-likeness (QED) is 0.464. The van der Waals surface area contributed by atoms with Crippen LogP contribution < -0.4 is 0 Å². The van der Waals surface area contributed by atoms with Gasteiger partial charge in [-0.05, 0) is 19.8 Å². The molecule has 0 N–H and O–H groups in total. The van der Waals surface area contributed by atoms with Crippen LogP contribution in [0.2, 0.25) is 0 Å². The van der Waals surface area contributed by atoms with Gasteiger partial charge in [-0.3, -0.25) is 4.79 Å². The second-order valence-electron chi connectivity index (χ2n) is 3.46. The lowest BCUT2D eigenvalue weighted by molar-refractivity contribution is -0.119. The highest BCUT2D eigenvalue weighted by molar-refractivity contribution is 5.86. The summed E-state index contributed by atoms with van der Waals surface area (Å²) in [6, 6.07) is 0. The molecule has 0 aromatic heterocycles. The molecule has 0 aromatic rings. The normalized spacial score (nSPS) is 33.0. The predicted octanol–water partition coefficient (Wildman–Crippen LogP) is 2.09. The first-order valence-electron chi connectivity index (χ1n) is 4.45. The Balaban J connectivity index is 2.37. The van der Waals surface area contributed by atoms with Crippen LogP contribution in [0.4, 0.5) is 0 Å². The molecule has 1 aliphatic heterocycles. The van der Waals surface area contributed by atoms with Gasteiger partial charge in [-0.2, -0.15) is 0 Å². The topological polar surface area (TPSA) is 29.6 Å². The second-order valence-corrected chi connectivity index (χ2v) is 3.46. The van der Waals surface area contributed by atoms with E-state index in [-0.39, 0.29) is 17.5 Å². The average molecular weight is 168 g/mol. The highest BCUT2D eigenvalue weighted by Gasteiger charge is 2.54. The SMILES string of the molecule is C=CCC[C@]1(C)OC1C(=O)CC. The van der Waals surface area contributed by atoms with Crippen LogP contribution in [0.15, 0.2) is 12.7 Å². The highest BCUT2D eigenvalue weighted by Crippen LogP contribution is 2.41. The van der Waals surface area contributed by atoms with Crippen LogP contribution in [0.5, 0.6) is 0 Å². The van der Waals surface area contributed by atoms with E-state index in [1.54, 1.807) is 0 Å². The van der Waals surface area contributed by atoms with Gasteiger partial charge in [0, 0.05) is 6.42 Å². The Labute approximate surface area is 73.6 Å². The molecule has 1 saturated heterocycles. The Morgan fingerprint density at radius 1 is 1.75 bits per heavy atom. The third-order valence-electron chi connectivity index (χ3n) is 2.37. The average Bonchev–Trinajstić information content (AvgIpc) is 2.74. The van der Waals surface area contributed by atoms with Crippen molar-refractivity contribution in [2.24, 2.45) is 0 Å². The van der Waals surface area contributed by atoms with E-state index in [0.29, 0.717) is 6.42 Å². The first-order chi connectivity index (χ1) is 5.64. The lowest BCUT2D eigenvalue weighted by atomic mass is 9.98. The molecule has 1 fully saturated rings. The van der Waals surface area contributed by atoms with E-state index >= 15 is 0 Å². The largest absolute Gasteiger partial charge is 0.358 e. The van der Waals surface area contributed by atoms with Crippen molar-refractivity contribution in [2.75, 3.05) is 0 Å². The Bertz CT molecular complexity index is 198. The van der Waals surface area contributed by atoms with Gasteiger partial charge in [-0.25, -0.2) is 0 Å². The molecule has 1 rings (SSSR count).